The summed E-state index contributed by atoms with van der Waals surface area (Å²) in [4.78, 5) is 23.1. The van der Waals surface area contributed by atoms with Crippen molar-refractivity contribution in [1.29, 1.82) is 0 Å². The maximum Gasteiger partial charge on any atom is 0.379 e. The van der Waals surface area contributed by atoms with Gasteiger partial charge in [0.2, 0.25) is 0 Å². The molecule has 1 aromatic carbocycles. The fourth-order valence-corrected chi connectivity index (χ4v) is 3.45. The van der Waals surface area contributed by atoms with Crippen LogP contribution in [0.5, 0.6) is 0 Å². The summed E-state index contributed by atoms with van der Waals surface area (Å²) in [5.74, 6) is -1.73. The van der Waals surface area contributed by atoms with E-state index in [1.807, 2.05) is 0 Å². The molecule has 0 aliphatic carbocycles. The van der Waals surface area contributed by atoms with E-state index in [-0.39, 0.29) is 22.8 Å². The van der Waals surface area contributed by atoms with Crippen molar-refractivity contribution in [2.75, 3.05) is 12.4 Å². The van der Waals surface area contributed by atoms with Crippen molar-refractivity contribution < 1.29 is 22.7 Å². The minimum atomic E-state index is -3.30. The van der Waals surface area contributed by atoms with Gasteiger partial charge in [0, 0.05) is 5.56 Å². The Labute approximate surface area is 105 Å². The molecule has 18 heavy (non-hydrogen) atoms. The molecule has 0 saturated carbocycles. The number of carbonyl (C=O) groups excluding carboxylic acids is 2. The van der Waals surface area contributed by atoms with Crippen LogP contribution in [-0.4, -0.2) is 32.5 Å². The second-order valence-electron chi connectivity index (χ2n) is 3.94. The van der Waals surface area contributed by atoms with Crippen molar-refractivity contribution in [3.63, 3.8) is 0 Å². The number of fused-ring (bicyclic) bond motifs is 1. The largest absolute Gasteiger partial charge is 0.460 e. The van der Waals surface area contributed by atoms with Gasteiger partial charge in [0.25, 0.3) is 5.78 Å². The fourth-order valence-electron chi connectivity index (χ4n) is 1.86. The van der Waals surface area contributed by atoms with Gasteiger partial charge in [-0.2, -0.15) is 0 Å². The van der Waals surface area contributed by atoms with Crippen molar-refractivity contribution in [2.45, 2.75) is 18.2 Å². The van der Waals surface area contributed by atoms with Crippen LogP contribution in [0, 0.1) is 0 Å². The minimum absolute atomic E-state index is 0.0534. The van der Waals surface area contributed by atoms with Crippen LogP contribution in [0.25, 0.3) is 0 Å². The number of benzene rings is 1. The molecule has 2 rings (SSSR count). The molecule has 0 bridgehead atoms. The molecular formula is C12H12O5S. The third kappa shape index (κ3) is 2.15. The summed E-state index contributed by atoms with van der Waals surface area (Å²) in [6.45, 7) is 1.70. The second kappa shape index (κ2) is 4.53. The van der Waals surface area contributed by atoms with Crippen molar-refractivity contribution in [3.8, 4) is 0 Å². The molecule has 0 saturated heterocycles. The van der Waals surface area contributed by atoms with E-state index in [0.29, 0.717) is 12.0 Å². The average molecular weight is 268 g/mol. The summed E-state index contributed by atoms with van der Waals surface area (Å²) in [6.07, 6.45) is 0.450. The number of rotatable bonds is 3. The lowest BCUT2D eigenvalue weighted by molar-refractivity contribution is -0.137. The molecule has 96 valence electrons. The molecule has 0 fully saturated rings. The van der Waals surface area contributed by atoms with Crippen molar-refractivity contribution in [1.82, 2.24) is 0 Å². The lowest BCUT2D eigenvalue weighted by atomic mass is 10.1. The van der Waals surface area contributed by atoms with E-state index in [1.165, 1.54) is 12.1 Å². The fraction of sp³-hybridized carbons (Fsp3) is 0.333. The van der Waals surface area contributed by atoms with E-state index in [9.17, 15) is 18.0 Å². The van der Waals surface area contributed by atoms with Gasteiger partial charge in [-0.3, -0.25) is 4.79 Å². The second-order valence-corrected chi connectivity index (χ2v) is 6.02. The van der Waals surface area contributed by atoms with Crippen LogP contribution in [0.1, 0.15) is 22.8 Å². The zero-order valence-corrected chi connectivity index (χ0v) is 10.6. The van der Waals surface area contributed by atoms with E-state index in [1.54, 1.807) is 13.0 Å². The molecule has 6 heteroatoms. The molecule has 0 radical (unpaired) electrons. The maximum absolute atomic E-state index is 11.7. The molecular weight excluding hydrogens is 256 g/mol. The van der Waals surface area contributed by atoms with Crippen LogP contribution >= 0.6 is 0 Å². The van der Waals surface area contributed by atoms with E-state index >= 15 is 0 Å². The Bertz CT molecular complexity index is 615. The Morgan fingerprint density at radius 3 is 2.72 bits per heavy atom. The van der Waals surface area contributed by atoms with Gasteiger partial charge >= 0.3 is 5.97 Å². The highest BCUT2D eigenvalue weighted by atomic mass is 32.2. The number of ether oxygens (including phenoxy) is 1. The first-order valence-electron chi connectivity index (χ1n) is 5.53. The number of Topliss-reactive ketones (excluding diaryl/α,β-unsaturated/α-hetero) is 1. The number of hydrogen-bond acceptors (Lipinski definition) is 5. The van der Waals surface area contributed by atoms with Crippen LogP contribution in [-0.2, 0) is 25.8 Å². The summed E-state index contributed by atoms with van der Waals surface area (Å²) < 4.78 is 28.0. The van der Waals surface area contributed by atoms with Crippen LogP contribution in [0.15, 0.2) is 23.1 Å². The van der Waals surface area contributed by atoms with Crippen LogP contribution in [0.2, 0.25) is 0 Å². The summed E-state index contributed by atoms with van der Waals surface area (Å²) >= 11 is 0. The predicted octanol–water partition coefficient (Wildman–Crippen LogP) is 0.762. The minimum Gasteiger partial charge on any atom is -0.460 e. The molecule has 5 nitrogen and oxygen atoms in total. The van der Waals surface area contributed by atoms with Gasteiger partial charge < -0.3 is 4.74 Å². The van der Waals surface area contributed by atoms with Crippen molar-refractivity contribution in [3.05, 3.63) is 29.3 Å². The first-order chi connectivity index (χ1) is 8.45. The van der Waals surface area contributed by atoms with Gasteiger partial charge in [0.1, 0.15) is 0 Å². The number of sulfone groups is 1. The van der Waals surface area contributed by atoms with E-state index < -0.39 is 21.6 Å². The molecule has 1 aromatic rings. The smallest absolute Gasteiger partial charge is 0.379 e. The van der Waals surface area contributed by atoms with Crippen molar-refractivity contribution in [2.24, 2.45) is 0 Å². The molecule has 1 heterocycles. The molecule has 0 unspecified atom stereocenters. The third-order valence-electron chi connectivity index (χ3n) is 2.77. The summed E-state index contributed by atoms with van der Waals surface area (Å²) in [6, 6.07) is 4.29. The average Bonchev–Trinajstić information content (AvgIpc) is 2.64. The Morgan fingerprint density at radius 2 is 2.06 bits per heavy atom. The highest BCUT2D eigenvalue weighted by Gasteiger charge is 2.28. The topological polar surface area (TPSA) is 77.5 Å². The molecule has 0 N–H and O–H groups in total. The Hall–Kier alpha value is -1.69. The van der Waals surface area contributed by atoms with Gasteiger partial charge in [0.15, 0.2) is 9.84 Å². The van der Waals surface area contributed by atoms with Gasteiger partial charge in [-0.15, -0.1) is 0 Å². The highest BCUT2D eigenvalue weighted by molar-refractivity contribution is 7.91. The Kier molecular flexibility index (Phi) is 3.21. The molecule has 1 aliphatic rings. The first-order valence-corrected chi connectivity index (χ1v) is 7.18. The summed E-state index contributed by atoms with van der Waals surface area (Å²) in [7, 11) is -3.30. The third-order valence-corrected chi connectivity index (χ3v) is 4.56. The lowest BCUT2D eigenvalue weighted by Crippen LogP contribution is -2.17. The molecule has 0 amide bonds. The maximum atomic E-state index is 11.7. The van der Waals surface area contributed by atoms with E-state index in [2.05, 4.69) is 4.74 Å². The Balaban J connectivity index is 2.38. The van der Waals surface area contributed by atoms with Gasteiger partial charge in [-0.1, -0.05) is 12.1 Å². The van der Waals surface area contributed by atoms with Crippen molar-refractivity contribution >= 4 is 21.6 Å². The number of aryl methyl sites for hydroxylation is 1. The number of carbonyl (C=O) groups is 2. The number of hydrogen-bond donors (Lipinski definition) is 0. The first kappa shape index (κ1) is 12.8. The monoisotopic (exact) mass is 268 g/mol. The summed E-state index contributed by atoms with van der Waals surface area (Å²) in [5.41, 5.74) is 0.744. The number of ketones is 1. The van der Waals surface area contributed by atoms with Gasteiger partial charge in [-0.05, 0) is 25.0 Å². The zero-order chi connectivity index (χ0) is 13.3. The molecule has 1 aliphatic heterocycles. The lowest BCUT2D eigenvalue weighted by Gasteiger charge is -2.03. The standard InChI is InChI=1S/C12H12O5S/c1-2-17-12(14)11(13)9-4-3-8-5-6-18(15,16)10(8)7-9/h3-4,7H,2,5-6H2,1H3. The van der Waals surface area contributed by atoms with Crippen LogP contribution < -0.4 is 0 Å². The van der Waals surface area contributed by atoms with E-state index in [0.717, 1.165) is 0 Å². The molecule has 0 atom stereocenters. The normalized spacial score (nSPS) is 16.1. The summed E-state index contributed by atoms with van der Waals surface area (Å²) in [5, 5.41) is 0. The Morgan fingerprint density at radius 1 is 1.33 bits per heavy atom. The predicted molar refractivity (Wildman–Crippen MR) is 63.2 cm³/mol. The zero-order valence-electron chi connectivity index (χ0n) is 9.80. The van der Waals surface area contributed by atoms with E-state index in [4.69, 9.17) is 0 Å². The van der Waals surface area contributed by atoms with Gasteiger partial charge in [0.05, 0.1) is 17.3 Å². The molecule has 0 aromatic heterocycles. The van der Waals surface area contributed by atoms with Gasteiger partial charge in [-0.25, -0.2) is 13.2 Å². The highest BCUT2D eigenvalue weighted by Crippen LogP contribution is 2.26. The SMILES string of the molecule is CCOC(=O)C(=O)c1ccc2c(c1)S(=O)(=O)CC2. The van der Waals surface area contributed by atoms with Crippen LogP contribution in [0.4, 0.5) is 0 Å². The molecule has 0 spiro atoms. The quantitative estimate of drug-likeness (QED) is 0.459. The number of esters is 1. The van der Waals surface area contributed by atoms with Crippen LogP contribution in [0.3, 0.4) is 0 Å².